The van der Waals surface area contributed by atoms with Gasteiger partial charge in [-0.25, -0.2) is 0 Å². The van der Waals surface area contributed by atoms with Gasteiger partial charge in [-0.05, 0) is 43.6 Å². The smallest absolute Gasteiger partial charge is 0.171 e. The fourth-order valence-corrected chi connectivity index (χ4v) is 3.24. The Morgan fingerprint density at radius 3 is 2.24 bits per heavy atom. The molecular weight excluding hydrogens is 244 g/mol. The minimum Gasteiger partial charge on any atom is -0.171 e. The number of hydrogen-bond donors (Lipinski definition) is 0. The van der Waals surface area contributed by atoms with E-state index in [2.05, 4.69) is 42.5 Å². The van der Waals surface area contributed by atoms with Crippen LogP contribution in [0, 0.1) is 11.8 Å². The highest BCUT2D eigenvalue weighted by atomic mass is 35.6. The van der Waals surface area contributed by atoms with E-state index < -0.39 is 0 Å². The summed E-state index contributed by atoms with van der Waals surface area (Å²) in [5, 5.41) is 0. The average Bonchev–Trinajstić information content (AvgIpc) is 2.99. The summed E-state index contributed by atoms with van der Waals surface area (Å²) >= 11 is 5.90. The molecule has 2 aliphatic rings. The monoisotopic (exact) mass is 262 g/mol. The quantitative estimate of drug-likeness (QED) is 0.292. The summed E-state index contributed by atoms with van der Waals surface area (Å²) < 4.78 is 0. The van der Waals surface area contributed by atoms with E-state index in [1.165, 1.54) is 31.3 Å². The van der Waals surface area contributed by atoms with Crippen molar-refractivity contribution in [1.29, 1.82) is 0 Å². The molecule has 0 bridgehead atoms. The Bertz CT molecular complexity index is 336. The number of rotatable bonds is 5. The Hall–Kier alpha value is -0.533. The van der Waals surface area contributed by atoms with E-state index in [0.717, 1.165) is 12.0 Å². The summed E-state index contributed by atoms with van der Waals surface area (Å²) in [6, 6.07) is 1.02. The molecule has 0 aromatic rings. The Morgan fingerprint density at radius 2 is 1.65 bits per heavy atom. The second-order valence-electron chi connectivity index (χ2n) is 4.82. The first-order chi connectivity index (χ1) is 8.38. The third-order valence-corrected chi connectivity index (χ3v) is 4.33. The predicted octanol–water partition coefficient (Wildman–Crippen LogP) is 4.68. The van der Waals surface area contributed by atoms with Crippen molar-refractivity contribution in [3.05, 3.63) is 48.1 Å². The van der Waals surface area contributed by atoms with Crippen LogP contribution in [0.5, 0.6) is 0 Å². The first-order valence-corrected chi connectivity index (χ1v) is 8.63. The predicted molar refractivity (Wildman–Crippen MR) is 77.4 cm³/mol. The van der Waals surface area contributed by atoms with Crippen LogP contribution in [0.4, 0.5) is 0 Å². The molecule has 2 aliphatic carbocycles. The lowest BCUT2D eigenvalue weighted by Gasteiger charge is -2.07. The summed E-state index contributed by atoms with van der Waals surface area (Å²) in [4.78, 5) is 0. The summed E-state index contributed by atoms with van der Waals surface area (Å²) in [5.41, 5.74) is 1.43. The van der Waals surface area contributed by atoms with Crippen molar-refractivity contribution in [2.45, 2.75) is 31.7 Å². The Kier molecular flexibility index (Phi) is 5.34. The first-order valence-electron chi connectivity index (χ1n) is 6.41. The fraction of sp³-hybridized carbons (Fsp3) is 0.467. The number of halogens is 1. The molecule has 0 nitrogen and oxygen atoms in total. The molecule has 0 aromatic carbocycles. The van der Waals surface area contributed by atoms with Crippen molar-refractivity contribution in [3.8, 4) is 0 Å². The van der Waals surface area contributed by atoms with Gasteiger partial charge in [-0.3, -0.25) is 0 Å². The van der Waals surface area contributed by atoms with E-state index in [1.807, 2.05) is 0 Å². The third-order valence-electron chi connectivity index (χ3n) is 3.39. The normalized spacial score (nSPS) is 22.3. The van der Waals surface area contributed by atoms with Gasteiger partial charge in [0.05, 0.1) is 0 Å². The van der Waals surface area contributed by atoms with E-state index in [4.69, 9.17) is 11.1 Å². The maximum Gasteiger partial charge on any atom is 0.176 e. The van der Waals surface area contributed by atoms with Gasteiger partial charge in [0.1, 0.15) is 0 Å². The van der Waals surface area contributed by atoms with Crippen LogP contribution in [0.15, 0.2) is 48.1 Å². The third kappa shape index (κ3) is 4.32. The van der Waals surface area contributed by atoms with E-state index >= 15 is 0 Å². The lowest BCUT2D eigenvalue weighted by molar-refractivity contribution is 0.707. The lowest BCUT2D eigenvalue weighted by Crippen LogP contribution is -1.93. The molecule has 2 radical (unpaired) electrons. The van der Waals surface area contributed by atoms with Gasteiger partial charge in [-0.15, -0.1) is 0 Å². The van der Waals surface area contributed by atoms with Crippen LogP contribution in [-0.4, -0.2) is 8.83 Å². The van der Waals surface area contributed by atoms with E-state index in [0.29, 0.717) is 14.7 Å². The highest BCUT2D eigenvalue weighted by Crippen LogP contribution is 2.24. The van der Waals surface area contributed by atoms with Crippen molar-refractivity contribution in [2.24, 2.45) is 11.8 Å². The van der Waals surface area contributed by atoms with Crippen LogP contribution in [0.1, 0.15) is 25.7 Å². The van der Waals surface area contributed by atoms with Crippen LogP contribution < -0.4 is 0 Å². The maximum absolute atomic E-state index is 5.90. The largest absolute Gasteiger partial charge is 0.176 e. The average molecular weight is 263 g/mol. The molecule has 0 saturated carbocycles. The van der Waals surface area contributed by atoms with Gasteiger partial charge < -0.3 is 0 Å². The SMILES string of the molecule is Cl[Si]CC(C=CC1CC=CC1)=CC1CC=CC1. The van der Waals surface area contributed by atoms with Crippen LogP contribution in [0.2, 0.25) is 6.04 Å². The first kappa shape index (κ1) is 12.9. The van der Waals surface area contributed by atoms with E-state index in [9.17, 15) is 0 Å². The van der Waals surface area contributed by atoms with E-state index in [-0.39, 0.29) is 0 Å². The van der Waals surface area contributed by atoms with Gasteiger partial charge in [0.25, 0.3) is 0 Å². The fourth-order valence-electron chi connectivity index (χ4n) is 2.38. The van der Waals surface area contributed by atoms with Crippen molar-refractivity contribution in [2.75, 3.05) is 0 Å². The minimum atomic E-state index is 0.498. The summed E-state index contributed by atoms with van der Waals surface area (Å²) in [6.45, 7) is 0. The van der Waals surface area contributed by atoms with Gasteiger partial charge in [0.15, 0.2) is 8.83 Å². The zero-order valence-corrected chi connectivity index (χ0v) is 11.9. The second kappa shape index (κ2) is 7.02. The molecule has 0 aliphatic heterocycles. The highest BCUT2D eigenvalue weighted by molar-refractivity contribution is 6.94. The van der Waals surface area contributed by atoms with Crippen LogP contribution in [0.25, 0.3) is 0 Å². The van der Waals surface area contributed by atoms with E-state index in [1.54, 1.807) is 0 Å². The van der Waals surface area contributed by atoms with Crippen LogP contribution >= 0.6 is 11.1 Å². The lowest BCUT2D eigenvalue weighted by atomic mass is 10.0. The highest BCUT2D eigenvalue weighted by Gasteiger charge is 2.09. The molecule has 0 N–H and O–H groups in total. The molecule has 90 valence electrons. The molecule has 0 unspecified atom stereocenters. The summed E-state index contributed by atoms with van der Waals surface area (Å²) in [5.74, 6) is 1.43. The minimum absolute atomic E-state index is 0.498. The van der Waals surface area contributed by atoms with Gasteiger partial charge in [-0.2, -0.15) is 11.1 Å². The van der Waals surface area contributed by atoms with Crippen molar-refractivity contribution in [1.82, 2.24) is 0 Å². The molecule has 0 spiro atoms. The maximum atomic E-state index is 5.90. The number of allylic oxidation sites excluding steroid dienone is 8. The zero-order chi connectivity index (χ0) is 11.9. The van der Waals surface area contributed by atoms with Gasteiger partial charge in [-0.1, -0.05) is 48.1 Å². The van der Waals surface area contributed by atoms with Gasteiger partial charge >= 0.3 is 0 Å². The molecular formula is C15H19ClSi. The summed E-state index contributed by atoms with van der Waals surface area (Å²) in [6.07, 6.45) is 21.0. The Balaban J connectivity index is 1.91. The zero-order valence-electron chi connectivity index (χ0n) is 10.1. The van der Waals surface area contributed by atoms with Crippen LogP contribution in [-0.2, 0) is 0 Å². The molecule has 0 heterocycles. The molecule has 0 atom stereocenters. The van der Waals surface area contributed by atoms with Crippen molar-refractivity contribution < 1.29 is 0 Å². The molecule has 2 heteroatoms. The van der Waals surface area contributed by atoms with Crippen molar-refractivity contribution in [3.63, 3.8) is 0 Å². The van der Waals surface area contributed by atoms with Crippen molar-refractivity contribution >= 4 is 19.9 Å². The standard InChI is InChI=1S/C15H19ClSi/c16-17-12-15(11-14-7-3-4-8-14)10-9-13-5-1-2-6-13/h1-4,9-11,13-14H,5-8,12H2. The number of hydrogen-bond acceptors (Lipinski definition) is 0. The molecule has 17 heavy (non-hydrogen) atoms. The molecule has 0 amide bonds. The molecule has 0 aromatic heterocycles. The Morgan fingerprint density at radius 1 is 1.06 bits per heavy atom. The summed E-state index contributed by atoms with van der Waals surface area (Å²) in [7, 11) is 0.498. The Labute approximate surface area is 112 Å². The second-order valence-corrected chi connectivity index (χ2v) is 6.24. The topological polar surface area (TPSA) is 0 Å². The van der Waals surface area contributed by atoms with Gasteiger partial charge in [0.2, 0.25) is 0 Å². The van der Waals surface area contributed by atoms with Crippen LogP contribution in [0.3, 0.4) is 0 Å². The molecule has 2 rings (SSSR count). The molecule has 0 saturated heterocycles. The van der Waals surface area contributed by atoms with Gasteiger partial charge in [0, 0.05) is 0 Å². The molecule has 0 fully saturated rings.